The van der Waals surface area contributed by atoms with Crippen LogP contribution < -0.4 is 31.9 Å². The van der Waals surface area contributed by atoms with E-state index in [2.05, 4.69) is 47.8 Å². The number of nitrogens with zero attached hydrogens (tertiary/aromatic N) is 3. The lowest BCUT2D eigenvalue weighted by Gasteiger charge is -2.25. The number of hydrogen-bond acceptors (Lipinski definition) is 10. The first-order chi connectivity index (χ1) is 19.2. The van der Waals surface area contributed by atoms with Gasteiger partial charge in [-0.25, -0.2) is 0 Å². The number of nitrogens with one attached hydrogen (secondary N) is 6. The van der Waals surface area contributed by atoms with Crippen molar-refractivity contribution in [2.24, 2.45) is 0 Å². The van der Waals surface area contributed by atoms with E-state index in [-0.39, 0.29) is 10.6 Å². The van der Waals surface area contributed by atoms with E-state index in [9.17, 15) is 10.1 Å². The molecule has 2 saturated heterocycles. The summed E-state index contributed by atoms with van der Waals surface area (Å²) >= 11 is 0. The molecular formula is C28H53N9O2. The van der Waals surface area contributed by atoms with Crippen molar-refractivity contribution in [1.82, 2.24) is 41.7 Å². The molecule has 2 aliphatic heterocycles. The maximum absolute atomic E-state index is 11.9. The third-order valence-corrected chi connectivity index (χ3v) is 7.30. The summed E-state index contributed by atoms with van der Waals surface area (Å²) in [6.07, 6.45) is 4.36. The van der Waals surface area contributed by atoms with Crippen molar-refractivity contribution in [3.05, 3.63) is 39.4 Å². The molecule has 0 aromatic heterocycles. The molecule has 2 heterocycles. The Hall–Kier alpha value is -1.70. The van der Waals surface area contributed by atoms with Crippen LogP contribution in [0, 0.1) is 10.1 Å². The zero-order valence-electron chi connectivity index (χ0n) is 23.9. The number of nitro benzene ring substituents is 1. The first-order valence-corrected chi connectivity index (χ1v) is 15.2. The fraction of sp³-hybridized carbons (Fsp3) is 0.786. The van der Waals surface area contributed by atoms with Gasteiger partial charge in [-0.15, -0.1) is 0 Å². The molecule has 2 fully saturated rings. The van der Waals surface area contributed by atoms with E-state index in [1.807, 2.05) is 0 Å². The fourth-order valence-electron chi connectivity index (χ4n) is 5.20. The largest absolute Gasteiger partial charge is 0.315 e. The minimum atomic E-state index is -0.238. The van der Waals surface area contributed by atoms with Crippen molar-refractivity contribution in [2.75, 3.05) is 105 Å². The zero-order valence-corrected chi connectivity index (χ0v) is 23.9. The smallest absolute Gasteiger partial charge is 0.270 e. The maximum Gasteiger partial charge on any atom is 0.270 e. The van der Waals surface area contributed by atoms with Gasteiger partial charge < -0.3 is 31.9 Å². The quantitative estimate of drug-likeness (QED) is 0.227. The Balaban J connectivity index is 1.63. The van der Waals surface area contributed by atoms with Crippen LogP contribution in [0.15, 0.2) is 18.2 Å². The predicted octanol–water partition coefficient (Wildman–Crippen LogP) is 0.324. The van der Waals surface area contributed by atoms with Gasteiger partial charge in [-0.1, -0.05) is 6.07 Å². The van der Waals surface area contributed by atoms with Gasteiger partial charge in [0.1, 0.15) is 0 Å². The lowest BCUT2D eigenvalue weighted by Crippen LogP contribution is -2.37. The molecule has 0 spiro atoms. The summed E-state index contributed by atoms with van der Waals surface area (Å²) in [6, 6.07) is 5.74. The third-order valence-electron chi connectivity index (χ3n) is 7.30. The SMILES string of the molecule is O=[N+]([O-])c1cc(CN2CCCNCCNCCCNCC2)cc(CN2CCCNCCNCCCNCC2)c1. The van der Waals surface area contributed by atoms with E-state index < -0.39 is 0 Å². The normalized spacial score (nSPS) is 21.9. The summed E-state index contributed by atoms with van der Waals surface area (Å²) in [7, 11) is 0. The number of hydrogen-bond donors (Lipinski definition) is 6. The van der Waals surface area contributed by atoms with Crippen molar-refractivity contribution in [1.29, 1.82) is 0 Å². The van der Waals surface area contributed by atoms with Crippen LogP contribution in [0.5, 0.6) is 0 Å². The van der Waals surface area contributed by atoms with Crippen LogP contribution in [0.2, 0.25) is 0 Å². The molecule has 6 N–H and O–H groups in total. The summed E-state index contributed by atoms with van der Waals surface area (Å²) in [5, 5.41) is 33.0. The van der Waals surface area contributed by atoms with Crippen LogP contribution in [-0.4, -0.2) is 119 Å². The molecule has 0 saturated carbocycles. The summed E-state index contributed by atoms with van der Waals surface area (Å²) in [5.74, 6) is 0. The van der Waals surface area contributed by atoms with E-state index >= 15 is 0 Å². The summed E-state index contributed by atoms with van der Waals surface area (Å²) in [5.41, 5.74) is 2.27. The molecule has 222 valence electrons. The molecule has 1 aromatic rings. The second-order valence-corrected chi connectivity index (χ2v) is 10.7. The minimum Gasteiger partial charge on any atom is -0.315 e. The molecule has 11 heteroatoms. The first-order valence-electron chi connectivity index (χ1n) is 15.2. The van der Waals surface area contributed by atoms with E-state index in [1.165, 1.54) is 0 Å². The topological polar surface area (TPSA) is 122 Å². The Morgan fingerprint density at radius 2 is 0.923 bits per heavy atom. The molecular weight excluding hydrogens is 494 g/mol. The Morgan fingerprint density at radius 1 is 0.538 bits per heavy atom. The highest BCUT2D eigenvalue weighted by Crippen LogP contribution is 2.20. The minimum absolute atomic E-state index is 0.200. The van der Waals surface area contributed by atoms with E-state index in [4.69, 9.17) is 0 Å². The average Bonchev–Trinajstić information content (AvgIpc) is 2.92. The van der Waals surface area contributed by atoms with Gasteiger partial charge in [0.15, 0.2) is 0 Å². The van der Waals surface area contributed by atoms with Crippen molar-refractivity contribution >= 4 is 5.69 Å². The van der Waals surface area contributed by atoms with Gasteiger partial charge in [-0.3, -0.25) is 19.9 Å². The summed E-state index contributed by atoms with van der Waals surface area (Å²) < 4.78 is 0. The molecule has 2 aliphatic rings. The standard InChI is InChI=1S/C28H53N9O2/c38-37(39)28-22-26(24-35-17-3-9-31-13-11-29-5-1-7-33-15-19-35)21-27(23-28)25-36-18-4-10-32-14-12-30-6-2-8-34-16-20-36/h21-23,29-34H,1-20,24-25H2. The average molecular weight is 548 g/mol. The Morgan fingerprint density at radius 3 is 1.33 bits per heavy atom. The number of non-ortho nitro benzene ring substituents is 1. The Bertz CT molecular complexity index is 716. The summed E-state index contributed by atoms with van der Waals surface area (Å²) in [4.78, 5) is 16.5. The monoisotopic (exact) mass is 547 g/mol. The van der Waals surface area contributed by atoms with Crippen molar-refractivity contribution in [3.8, 4) is 0 Å². The molecule has 3 rings (SSSR count). The Kier molecular flexibility index (Phi) is 16.5. The van der Waals surface area contributed by atoms with Crippen molar-refractivity contribution in [3.63, 3.8) is 0 Å². The highest BCUT2D eigenvalue weighted by molar-refractivity contribution is 5.39. The number of rotatable bonds is 5. The van der Waals surface area contributed by atoms with Gasteiger partial charge in [-0.05, 0) is 89.2 Å². The molecule has 0 radical (unpaired) electrons. The fourth-order valence-corrected chi connectivity index (χ4v) is 5.20. The molecule has 0 atom stereocenters. The van der Waals surface area contributed by atoms with E-state index in [0.717, 1.165) is 155 Å². The van der Waals surface area contributed by atoms with Crippen LogP contribution in [0.1, 0.15) is 36.8 Å². The second-order valence-electron chi connectivity index (χ2n) is 10.7. The highest BCUT2D eigenvalue weighted by Gasteiger charge is 2.15. The maximum atomic E-state index is 11.9. The molecule has 1 aromatic carbocycles. The first kappa shape index (κ1) is 31.8. The lowest BCUT2D eigenvalue weighted by molar-refractivity contribution is -0.385. The summed E-state index contributed by atoms with van der Waals surface area (Å²) in [6.45, 7) is 17.2. The van der Waals surface area contributed by atoms with Gasteiger partial charge in [0.25, 0.3) is 5.69 Å². The third kappa shape index (κ3) is 14.5. The van der Waals surface area contributed by atoms with E-state index in [1.54, 1.807) is 12.1 Å². The van der Waals surface area contributed by atoms with Crippen LogP contribution in [0.4, 0.5) is 5.69 Å². The zero-order chi connectivity index (χ0) is 27.4. The Labute approximate surface area is 235 Å². The van der Waals surface area contributed by atoms with Crippen LogP contribution in [0.3, 0.4) is 0 Å². The van der Waals surface area contributed by atoms with Gasteiger partial charge in [-0.2, -0.15) is 0 Å². The number of nitro groups is 1. The molecule has 0 amide bonds. The van der Waals surface area contributed by atoms with Crippen LogP contribution >= 0.6 is 0 Å². The molecule has 39 heavy (non-hydrogen) atoms. The van der Waals surface area contributed by atoms with Gasteiger partial charge >= 0.3 is 0 Å². The highest BCUT2D eigenvalue weighted by atomic mass is 16.6. The lowest BCUT2D eigenvalue weighted by atomic mass is 10.1. The van der Waals surface area contributed by atoms with Crippen molar-refractivity contribution < 1.29 is 4.92 Å². The predicted molar refractivity (Wildman–Crippen MR) is 159 cm³/mol. The molecule has 0 unspecified atom stereocenters. The second kappa shape index (κ2) is 20.2. The van der Waals surface area contributed by atoms with Gasteiger partial charge in [0.05, 0.1) is 4.92 Å². The molecule has 11 nitrogen and oxygen atoms in total. The van der Waals surface area contributed by atoms with Gasteiger partial charge in [0.2, 0.25) is 0 Å². The van der Waals surface area contributed by atoms with Crippen molar-refractivity contribution in [2.45, 2.75) is 38.8 Å². The molecule has 0 aliphatic carbocycles. The van der Waals surface area contributed by atoms with Crippen LogP contribution in [0.25, 0.3) is 0 Å². The van der Waals surface area contributed by atoms with Crippen LogP contribution in [-0.2, 0) is 13.1 Å². The van der Waals surface area contributed by atoms with E-state index in [0.29, 0.717) is 0 Å². The van der Waals surface area contributed by atoms with Gasteiger partial charge in [0, 0.05) is 77.6 Å². The number of benzene rings is 1. The molecule has 0 bridgehead atoms.